The van der Waals surface area contributed by atoms with Crippen molar-refractivity contribution in [2.45, 2.75) is 32.7 Å². The zero-order chi connectivity index (χ0) is 21.3. The van der Waals surface area contributed by atoms with Crippen molar-refractivity contribution in [1.82, 2.24) is 25.2 Å². The van der Waals surface area contributed by atoms with Crippen molar-refractivity contribution in [2.24, 2.45) is 5.92 Å². The number of pyridine rings is 1. The third-order valence-corrected chi connectivity index (χ3v) is 5.24. The van der Waals surface area contributed by atoms with E-state index in [9.17, 15) is 14.4 Å². The van der Waals surface area contributed by atoms with Crippen LogP contribution in [-0.4, -0.2) is 44.1 Å². The molecule has 1 aromatic carbocycles. The van der Waals surface area contributed by atoms with Gasteiger partial charge in [0.25, 0.3) is 11.8 Å². The Bertz CT molecular complexity index is 1050. The first-order chi connectivity index (χ1) is 14.5. The van der Waals surface area contributed by atoms with E-state index in [0.29, 0.717) is 23.4 Å². The highest BCUT2D eigenvalue weighted by atomic mass is 16.2. The number of imidazole rings is 1. The number of nitrogens with one attached hydrogen (secondary N) is 2. The van der Waals surface area contributed by atoms with Gasteiger partial charge in [-0.05, 0) is 30.5 Å². The molecule has 0 aliphatic carbocycles. The number of carbonyl (C=O) groups excluding carboxylic acids is 3. The summed E-state index contributed by atoms with van der Waals surface area (Å²) in [6.45, 7) is 4.23. The molecule has 1 aliphatic heterocycles. The SMILES string of the molecule is CC(C)C(NC(=O)CCCN1C(=O)c2ccncc2C1=O)c1nc2ccccc2[nH]1. The number of fused-ring (bicyclic) bond motifs is 2. The molecule has 30 heavy (non-hydrogen) atoms. The van der Waals surface area contributed by atoms with Crippen LogP contribution < -0.4 is 5.32 Å². The number of nitrogens with zero attached hydrogens (tertiary/aromatic N) is 3. The fourth-order valence-corrected chi connectivity index (χ4v) is 3.65. The average Bonchev–Trinajstić information content (AvgIpc) is 3.27. The van der Waals surface area contributed by atoms with Crippen LogP contribution in [0.4, 0.5) is 0 Å². The summed E-state index contributed by atoms with van der Waals surface area (Å²) in [5, 5.41) is 3.03. The molecule has 8 nitrogen and oxygen atoms in total. The van der Waals surface area contributed by atoms with Gasteiger partial charge in [-0.3, -0.25) is 24.3 Å². The van der Waals surface area contributed by atoms with Gasteiger partial charge in [-0.15, -0.1) is 0 Å². The number of hydrogen-bond acceptors (Lipinski definition) is 5. The summed E-state index contributed by atoms with van der Waals surface area (Å²) in [6, 6.07) is 9.01. The van der Waals surface area contributed by atoms with E-state index in [-0.39, 0.29) is 42.6 Å². The number of hydrogen-bond donors (Lipinski definition) is 2. The highest BCUT2D eigenvalue weighted by Gasteiger charge is 2.35. The summed E-state index contributed by atoms with van der Waals surface area (Å²) in [7, 11) is 0. The number of imide groups is 1. The van der Waals surface area contributed by atoms with Crippen molar-refractivity contribution < 1.29 is 14.4 Å². The van der Waals surface area contributed by atoms with E-state index in [2.05, 4.69) is 20.3 Å². The Morgan fingerprint density at radius 2 is 1.90 bits per heavy atom. The number of aromatic nitrogens is 3. The highest BCUT2D eigenvalue weighted by molar-refractivity contribution is 6.21. The van der Waals surface area contributed by atoms with Gasteiger partial charge in [0, 0.05) is 25.4 Å². The summed E-state index contributed by atoms with van der Waals surface area (Å²) < 4.78 is 0. The molecule has 0 spiro atoms. The van der Waals surface area contributed by atoms with Crippen LogP contribution in [0, 0.1) is 5.92 Å². The van der Waals surface area contributed by atoms with Crippen LogP contribution in [0.2, 0.25) is 0 Å². The van der Waals surface area contributed by atoms with Gasteiger partial charge in [-0.25, -0.2) is 4.98 Å². The maximum absolute atomic E-state index is 12.6. The van der Waals surface area contributed by atoms with E-state index in [4.69, 9.17) is 0 Å². The van der Waals surface area contributed by atoms with Crippen LogP contribution in [0.5, 0.6) is 0 Å². The Kier molecular flexibility index (Phi) is 5.31. The fraction of sp³-hybridized carbons (Fsp3) is 0.318. The molecule has 1 unspecified atom stereocenters. The molecule has 0 saturated heterocycles. The number of H-pyrrole nitrogens is 1. The summed E-state index contributed by atoms with van der Waals surface area (Å²) >= 11 is 0. The van der Waals surface area contributed by atoms with E-state index in [1.54, 1.807) is 6.07 Å². The minimum Gasteiger partial charge on any atom is -0.346 e. The molecule has 8 heteroatoms. The second-order valence-corrected chi connectivity index (χ2v) is 7.72. The van der Waals surface area contributed by atoms with E-state index < -0.39 is 0 Å². The fourth-order valence-electron chi connectivity index (χ4n) is 3.65. The highest BCUT2D eigenvalue weighted by Crippen LogP contribution is 2.23. The van der Waals surface area contributed by atoms with Gasteiger partial charge in [-0.1, -0.05) is 26.0 Å². The molecule has 3 aromatic rings. The number of aromatic amines is 1. The number of amides is 3. The van der Waals surface area contributed by atoms with Gasteiger partial charge in [0.1, 0.15) is 5.82 Å². The van der Waals surface area contributed by atoms with E-state index >= 15 is 0 Å². The number of benzene rings is 1. The Balaban J connectivity index is 1.36. The lowest BCUT2D eigenvalue weighted by Gasteiger charge is -2.20. The van der Waals surface area contributed by atoms with Crippen LogP contribution in [0.15, 0.2) is 42.7 Å². The first-order valence-corrected chi connectivity index (χ1v) is 10.00. The van der Waals surface area contributed by atoms with E-state index in [1.807, 2.05) is 38.1 Å². The largest absolute Gasteiger partial charge is 0.346 e. The van der Waals surface area contributed by atoms with Gasteiger partial charge in [0.2, 0.25) is 5.91 Å². The molecule has 3 heterocycles. The molecule has 154 valence electrons. The van der Waals surface area contributed by atoms with Crippen molar-refractivity contribution in [2.75, 3.05) is 6.54 Å². The quantitative estimate of drug-likeness (QED) is 0.588. The molecule has 1 atom stereocenters. The molecule has 2 N–H and O–H groups in total. The summed E-state index contributed by atoms with van der Waals surface area (Å²) in [5.74, 6) is 0.0176. The third kappa shape index (κ3) is 3.68. The van der Waals surface area contributed by atoms with Gasteiger partial charge < -0.3 is 10.3 Å². The van der Waals surface area contributed by atoms with Crippen LogP contribution in [0.3, 0.4) is 0 Å². The maximum Gasteiger partial charge on any atom is 0.263 e. The predicted octanol–water partition coefficient (Wildman–Crippen LogP) is 2.85. The zero-order valence-electron chi connectivity index (χ0n) is 16.9. The standard InChI is InChI=1S/C22H23N5O3/c1-13(2)19(20-24-16-6-3-4-7-17(16)25-20)26-18(28)8-5-11-27-21(29)14-9-10-23-12-15(14)22(27)30/h3-4,6-7,9-10,12-13,19H,5,8,11H2,1-2H3,(H,24,25)(H,26,28). The van der Waals surface area contributed by atoms with Gasteiger partial charge >= 0.3 is 0 Å². The maximum atomic E-state index is 12.6. The summed E-state index contributed by atoms with van der Waals surface area (Å²) in [5.41, 5.74) is 2.46. The topological polar surface area (TPSA) is 108 Å². The molecule has 1 aliphatic rings. The van der Waals surface area contributed by atoms with E-state index in [0.717, 1.165) is 11.0 Å². The Hall–Kier alpha value is -3.55. The summed E-state index contributed by atoms with van der Waals surface area (Å²) in [4.78, 5) is 50.3. The second kappa shape index (κ2) is 8.06. The van der Waals surface area contributed by atoms with Crippen LogP contribution in [-0.2, 0) is 4.79 Å². The van der Waals surface area contributed by atoms with Crippen LogP contribution in [0.1, 0.15) is 59.3 Å². The third-order valence-electron chi connectivity index (χ3n) is 5.24. The van der Waals surface area contributed by atoms with Gasteiger partial charge in [-0.2, -0.15) is 0 Å². The van der Waals surface area contributed by atoms with Crippen molar-refractivity contribution >= 4 is 28.8 Å². The van der Waals surface area contributed by atoms with Crippen LogP contribution >= 0.6 is 0 Å². The van der Waals surface area contributed by atoms with Crippen LogP contribution in [0.25, 0.3) is 11.0 Å². The lowest BCUT2D eigenvalue weighted by atomic mass is 10.0. The van der Waals surface area contributed by atoms with Crippen molar-refractivity contribution in [3.05, 3.63) is 59.7 Å². The smallest absolute Gasteiger partial charge is 0.263 e. The average molecular weight is 405 g/mol. The first kappa shape index (κ1) is 19.8. The normalized spacial score (nSPS) is 14.4. The molecular formula is C22H23N5O3. The summed E-state index contributed by atoms with van der Waals surface area (Å²) in [6.07, 6.45) is 3.48. The second-order valence-electron chi connectivity index (χ2n) is 7.72. The lowest BCUT2D eigenvalue weighted by Crippen LogP contribution is -2.34. The van der Waals surface area contributed by atoms with Gasteiger partial charge in [0.05, 0.1) is 28.2 Å². The van der Waals surface area contributed by atoms with Crippen molar-refractivity contribution in [3.63, 3.8) is 0 Å². The molecule has 2 aromatic heterocycles. The predicted molar refractivity (Wildman–Crippen MR) is 111 cm³/mol. The lowest BCUT2D eigenvalue weighted by molar-refractivity contribution is -0.122. The zero-order valence-corrected chi connectivity index (χ0v) is 16.9. The Labute approximate surface area is 173 Å². The molecule has 0 radical (unpaired) electrons. The monoisotopic (exact) mass is 405 g/mol. The Morgan fingerprint density at radius 3 is 2.63 bits per heavy atom. The number of para-hydroxylation sites is 2. The molecule has 3 amide bonds. The molecule has 0 saturated carbocycles. The number of carbonyl (C=O) groups is 3. The first-order valence-electron chi connectivity index (χ1n) is 10.00. The number of rotatable bonds is 7. The molecule has 4 rings (SSSR count). The van der Waals surface area contributed by atoms with Gasteiger partial charge in [0.15, 0.2) is 0 Å². The molecule has 0 bridgehead atoms. The molecular weight excluding hydrogens is 382 g/mol. The van der Waals surface area contributed by atoms with Crippen molar-refractivity contribution in [3.8, 4) is 0 Å². The minimum absolute atomic E-state index is 0.137. The molecule has 0 fully saturated rings. The van der Waals surface area contributed by atoms with E-state index in [1.165, 1.54) is 17.3 Å². The van der Waals surface area contributed by atoms with Crippen molar-refractivity contribution in [1.29, 1.82) is 0 Å². The Morgan fingerprint density at radius 1 is 1.13 bits per heavy atom. The minimum atomic E-state index is -0.356.